The lowest BCUT2D eigenvalue weighted by Gasteiger charge is -2.21. The predicted octanol–water partition coefficient (Wildman–Crippen LogP) is 26.1. The van der Waals surface area contributed by atoms with Crippen molar-refractivity contribution in [3.05, 3.63) is 0 Å². The van der Waals surface area contributed by atoms with Crippen LogP contribution in [0, 0.1) is 17.8 Å². The molecule has 0 saturated heterocycles. The van der Waals surface area contributed by atoms with E-state index in [0.29, 0.717) is 25.7 Å². The molecule has 3 unspecified atom stereocenters. The number of phosphoric acid groups is 2. The fraction of sp³-hybridized carbons (Fsp3) is 0.953. The summed E-state index contributed by atoms with van der Waals surface area (Å²) in [5, 5.41) is 10.7. The van der Waals surface area contributed by atoms with E-state index in [4.69, 9.17) is 37.0 Å². The van der Waals surface area contributed by atoms with Crippen LogP contribution in [0.1, 0.15) is 453 Å². The van der Waals surface area contributed by atoms with E-state index in [2.05, 4.69) is 48.5 Å². The average molecular weight is 1540 g/mol. The highest BCUT2D eigenvalue weighted by Gasteiger charge is 2.30. The van der Waals surface area contributed by atoms with Gasteiger partial charge < -0.3 is 33.8 Å². The Morgan fingerprint density at radius 3 is 0.724 bits per heavy atom. The lowest BCUT2D eigenvalue weighted by Crippen LogP contribution is -2.30. The van der Waals surface area contributed by atoms with Crippen LogP contribution in [-0.2, 0) is 65.4 Å². The highest BCUT2D eigenvalue weighted by Crippen LogP contribution is 2.45. The van der Waals surface area contributed by atoms with Gasteiger partial charge in [0.05, 0.1) is 26.4 Å². The average Bonchev–Trinajstić information content (AvgIpc) is 0.907. The van der Waals surface area contributed by atoms with Gasteiger partial charge in [0.15, 0.2) is 12.2 Å². The van der Waals surface area contributed by atoms with Crippen molar-refractivity contribution >= 4 is 39.5 Å². The molecule has 0 aliphatic heterocycles. The van der Waals surface area contributed by atoms with Gasteiger partial charge >= 0.3 is 39.5 Å². The fourth-order valence-corrected chi connectivity index (χ4v) is 14.9. The van der Waals surface area contributed by atoms with Crippen LogP contribution >= 0.6 is 15.6 Å². The third-order valence-corrected chi connectivity index (χ3v) is 22.4. The van der Waals surface area contributed by atoms with E-state index in [1.807, 2.05) is 0 Å². The van der Waals surface area contributed by atoms with Crippen LogP contribution in [-0.4, -0.2) is 96.7 Å². The quantitative estimate of drug-likeness (QED) is 0.0222. The summed E-state index contributed by atoms with van der Waals surface area (Å²) in [4.78, 5) is 73.2. The Bertz CT molecular complexity index is 2030. The summed E-state index contributed by atoms with van der Waals surface area (Å²) in [7, 11) is -9.93. The van der Waals surface area contributed by atoms with Crippen LogP contribution in [0.5, 0.6) is 0 Å². The summed E-state index contributed by atoms with van der Waals surface area (Å²) in [5.74, 6) is 0.306. The number of hydrogen-bond acceptors (Lipinski definition) is 15. The molecular formula is C86H168O17P2. The van der Waals surface area contributed by atoms with Gasteiger partial charge in [-0.15, -0.1) is 0 Å². The smallest absolute Gasteiger partial charge is 0.462 e. The molecule has 105 heavy (non-hydrogen) atoms. The van der Waals surface area contributed by atoms with E-state index < -0.39 is 97.5 Å². The minimum absolute atomic E-state index is 0.107. The Morgan fingerprint density at radius 1 is 0.276 bits per heavy atom. The van der Waals surface area contributed by atoms with Crippen molar-refractivity contribution in [2.45, 2.75) is 471 Å². The van der Waals surface area contributed by atoms with Crippen molar-refractivity contribution in [3.8, 4) is 0 Å². The summed E-state index contributed by atoms with van der Waals surface area (Å²) in [6.45, 7) is 12.0. The van der Waals surface area contributed by atoms with E-state index in [1.54, 1.807) is 0 Å². The molecule has 0 bridgehead atoms. The summed E-state index contributed by atoms with van der Waals surface area (Å²) < 4.78 is 68.9. The minimum Gasteiger partial charge on any atom is -0.462 e. The molecule has 0 aromatic carbocycles. The zero-order chi connectivity index (χ0) is 77.2. The third kappa shape index (κ3) is 78.5. The van der Waals surface area contributed by atoms with Crippen LogP contribution < -0.4 is 0 Å². The Balaban J connectivity index is 5.22. The van der Waals surface area contributed by atoms with Gasteiger partial charge in [0.25, 0.3) is 0 Å². The number of aliphatic hydroxyl groups excluding tert-OH is 1. The van der Waals surface area contributed by atoms with Crippen molar-refractivity contribution in [2.75, 3.05) is 39.6 Å². The van der Waals surface area contributed by atoms with Gasteiger partial charge in [-0.3, -0.25) is 37.3 Å². The highest BCUT2D eigenvalue weighted by molar-refractivity contribution is 7.47. The number of carbonyl (C=O) groups excluding carboxylic acids is 4. The van der Waals surface area contributed by atoms with Crippen molar-refractivity contribution in [1.82, 2.24) is 0 Å². The van der Waals surface area contributed by atoms with Crippen molar-refractivity contribution in [2.24, 2.45) is 17.8 Å². The first-order valence-electron chi connectivity index (χ1n) is 44.4. The van der Waals surface area contributed by atoms with Crippen molar-refractivity contribution in [3.63, 3.8) is 0 Å². The van der Waals surface area contributed by atoms with Gasteiger partial charge in [-0.05, 0) is 43.4 Å². The summed E-state index contributed by atoms with van der Waals surface area (Å²) in [6.07, 6.45) is 66.6. The Hall–Kier alpha value is -1.94. The van der Waals surface area contributed by atoms with Gasteiger partial charge in [-0.25, -0.2) is 9.13 Å². The molecule has 0 aromatic rings. The molecule has 0 aliphatic rings. The molecule has 0 heterocycles. The SMILES string of the molecule is CCCCCCCCCCCCCCCC(=O)O[C@H](COC(=O)CCCCCCCCCCC(C)C)COP(=O)(O)OC[C@H](O)COP(=O)(O)OC[C@@H](COC(=O)CCCCCCCCCCCCCCCCCCC(C)C)OC(=O)CCCCCCCCCCCCCCCCCCCCC(C)CC. The molecule has 624 valence electrons. The van der Waals surface area contributed by atoms with Crippen LogP contribution in [0.3, 0.4) is 0 Å². The molecule has 6 atom stereocenters. The predicted molar refractivity (Wildman–Crippen MR) is 432 cm³/mol. The molecule has 0 radical (unpaired) electrons. The largest absolute Gasteiger partial charge is 0.472 e. The standard InChI is InChI=1S/C86H168O17P2/c1-8-10-11-12-13-14-15-26-34-39-48-55-62-69-85(90)103-82(74-97-84(89)68-61-54-47-42-41-44-51-58-65-78(5)6)76-101-105(94,95)99-72-80(87)71-98-104(92,93)100-75-81(73-96-83(88)67-60-53-46-38-33-29-24-21-20-22-27-31-36-43-50-57-64-77(3)4)102-86(91)70-63-56-49-40-35-30-25-19-17-16-18-23-28-32-37-45-52-59-66-79(7)9-2/h77-82,87H,8-76H2,1-7H3,(H,92,93)(H,94,95)/t79?,80-,81-,82-/m1/s1. The van der Waals surface area contributed by atoms with Crippen molar-refractivity contribution < 1.29 is 80.2 Å². The fourth-order valence-electron chi connectivity index (χ4n) is 13.3. The first kappa shape index (κ1) is 103. The Labute approximate surface area is 645 Å². The monoisotopic (exact) mass is 1540 g/mol. The van der Waals surface area contributed by atoms with Gasteiger partial charge in [0, 0.05) is 25.7 Å². The van der Waals surface area contributed by atoms with Crippen LogP contribution in [0.2, 0.25) is 0 Å². The molecule has 3 N–H and O–H groups in total. The molecule has 0 fully saturated rings. The first-order chi connectivity index (χ1) is 50.8. The maximum absolute atomic E-state index is 13.1. The van der Waals surface area contributed by atoms with E-state index in [1.165, 1.54) is 263 Å². The first-order valence-corrected chi connectivity index (χ1v) is 47.4. The second-order valence-corrected chi connectivity index (χ2v) is 35.0. The molecule has 17 nitrogen and oxygen atoms in total. The van der Waals surface area contributed by atoms with Gasteiger partial charge in [0.1, 0.15) is 19.3 Å². The summed E-state index contributed by atoms with van der Waals surface area (Å²) in [5.41, 5.74) is 0. The molecule has 0 spiro atoms. The third-order valence-electron chi connectivity index (χ3n) is 20.5. The van der Waals surface area contributed by atoms with Crippen LogP contribution in [0.25, 0.3) is 0 Å². The highest BCUT2D eigenvalue weighted by atomic mass is 31.2. The van der Waals surface area contributed by atoms with E-state index in [-0.39, 0.29) is 25.7 Å². The second kappa shape index (κ2) is 76.1. The molecule has 0 rings (SSSR count). The van der Waals surface area contributed by atoms with Gasteiger partial charge in [-0.2, -0.15) is 0 Å². The molecular weight excluding hydrogens is 1370 g/mol. The lowest BCUT2D eigenvalue weighted by molar-refractivity contribution is -0.161. The Kier molecular flexibility index (Phi) is 74.7. The van der Waals surface area contributed by atoms with Crippen LogP contribution in [0.15, 0.2) is 0 Å². The summed E-state index contributed by atoms with van der Waals surface area (Å²) in [6, 6.07) is 0. The number of hydrogen-bond donors (Lipinski definition) is 3. The summed E-state index contributed by atoms with van der Waals surface area (Å²) >= 11 is 0. The number of esters is 4. The number of carbonyl (C=O) groups is 4. The zero-order valence-electron chi connectivity index (χ0n) is 69.2. The number of unbranched alkanes of at least 4 members (excludes halogenated alkanes) is 51. The molecule has 0 aliphatic carbocycles. The lowest BCUT2D eigenvalue weighted by atomic mass is 9.99. The van der Waals surface area contributed by atoms with E-state index >= 15 is 0 Å². The van der Waals surface area contributed by atoms with E-state index in [9.17, 15) is 43.2 Å². The molecule has 0 saturated carbocycles. The second-order valence-electron chi connectivity index (χ2n) is 32.1. The topological polar surface area (TPSA) is 237 Å². The maximum Gasteiger partial charge on any atom is 0.472 e. The Morgan fingerprint density at radius 2 is 0.486 bits per heavy atom. The van der Waals surface area contributed by atoms with Gasteiger partial charge in [0.2, 0.25) is 0 Å². The number of rotatable bonds is 84. The van der Waals surface area contributed by atoms with Gasteiger partial charge in [-0.1, -0.05) is 402 Å². The molecule has 0 amide bonds. The zero-order valence-corrected chi connectivity index (χ0v) is 71.0. The van der Waals surface area contributed by atoms with E-state index in [0.717, 1.165) is 108 Å². The van der Waals surface area contributed by atoms with Crippen LogP contribution in [0.4, 0.5) is 0 Å². The van der Waals surface area contributed by atoms with Crippen molar-refractivity contribution in [1.29, 1.82) is 0 Å². The number of ether oxygens (including phenoxy) is 4. The normalized spacial score (nSPS) is 14.1. The molecule has 0 aromatic heterocycles. The number of phosphoric ester groups is 2. The molecule has 19 heteroatoms. The maximum atomic E-state index is 13.1. The number of aliphatic hydroxyl groups is 1. The minimum atomic E-state index is -4.97.